The molecule has 0 atom stereocenters. The number of hydrogen-bond donors (Lipinski definition) is 0. The van der Waals surface area contributed by atoms with Gasteiger partial charge in [-0.05, 0) is 38.3 Å². The molecule has 0 saturated heterocycles. The Bertz CT molecular complexity index is 664. The van der Waals surface area contributed by atoms with Crippen molar-refractivity contribution in [3.63, 3.8) is 0 Å². The van der Waals surface area contributed by atoms with Crippen LogP contribution in [-0.2, 0) is 14.3 Å². The van der Waals surface area contributed by atoms with Crippen LogP contribution in [0.25, 0.3) is 0 Å². The molecule has 0 aliphatic rings. The molecule has 3 nitrogen and oxygen atoms in total. The van der Waals surface area contributed by atoms with Crippen LogP contribution in [0, 0.1) is 6.92 Å². The first kappa shape index (κ1) is 21.6. The maximum atomic E-state index is 12.6. The van der Waals surface area contributed by atoms with Crippen LogP contribution >= 0.6 is 0 Å². The zero-order chi connectivity index (χ0) is 19.1. The molecule has 0 radical (unpaired) electrons. The first-order chi connectivity index (χ1) is 11.5. The number of unbranched alkanes of at least 4 members (excludes halogenated alkanes) is 1. The quantitative estimate of drug-likeness (QED) is 0.259. The van der Waals surface area contributed by atoms with E-state index >= 15 is 0 Å². The smallest absolute Gasteiger partial charge is 0.266 e. The highest BCUT2D eigenvalue weighted by Gasteiger charge is 2.56. The SMILES string of the molecule is Cc1ccc(S(=O)(=O)OCCC/C=C\CCC(F)(F)C(F)(F)F)cc1. The van der Waals surface area contributed by atoms with Crippen molar-refractivity contribution in [1.82, 2.24) is 0 Å². The molecule has 0 heterocycles. The van der Waals surface area contributed by atoms with Gasteiger partial charge in [-0.25, -0.2) is 0 Å². The van der Waals surface area contributed by atoms with Crippen LogP contribution in [-0.4, -0.2) is 27.1 Å². The van der Waals surface area contributed by atoms with Crippen LogP contribution in [0.5, 0.6) is 0 Å². The van der Waals surface area contributed by atoms with Gasteiger partial charge in [-0.15, -0.1) is 0 Å². The minimum Gasteiger partial charge on any atom is -0.266 e. The Kier molecular flexibility index (Phi) is 7.55. The van der Waals surface area contributed by atoms with Crippen molar-refractivity contribution in [3.8, 4) is 0 Å². The third-order valence-electron chi connectivity index (χ3n) is 3.27. The van der Waals surface area contributed by atoms with Crippen LogP contribution in [0.15, 0.2) is 41.3 Å². The van der Waals surface area contributed by atoms with Crippen molar-refractivity contribution in [2.24, 2.45) is 0 Å². The minimum atomic E-state index is -5.54. The highest BCUT2D eigenvalue weighted by Crippen LogP contribution is 2.38. The molecule has 0 amide bonds. The lowest BCUT2D eigenvalue weighted by atomic mass is 10.1. The lowest BCUT2D eigenvalue weighted by Gasteiger charge is -2.18. The Morgan fingerprint density at radius 3 is 2.12 bits per heavy atom. The van der Waals surface area contributed by atoms with E-state index in [1.54, 1.807) is 12.1 Å². The van der Waals surface area contributed by atoms with Gasteiger partial charge in [0.15, 0.2) is 0 Å². The summed E-state index contributed by atoms with van der Waals surface area (Å²) in [7, 11) is -3.86. The average molecular weight is 386 g/mol. The van der Waals surface area contributed by atoms with E-state index in [1.165, 1.54) is 24.3 Å². The molecular weight excluding hydrogens is 367 g/mol. The zero-order valence-electron chi connectivity index (χ0n) is 13.5. The number of rotatable bonds is 9. The third-order valence-corrected chi connectivity index (χ3v) is 4.60. The number of aryl methyl sites for hydroxylation is 1. The second kappa shape index (κ2) is 8.75. The second-order valence-electron chi connectivity index (χ2n) is 5.44. The zero-order valence-corrected chi connectivity index (χ0v) is 14.3. The van der Waals surface area contributed by atoms with Crippen LogP contribution in [0.1, 0.15) is 31.2 Å². The summed E-state index contributed by atoms with van der Waals surface area (Å²) >= 11 is 0. The number of allylic oxidation sites excluding steroid dienone is 2. The Hall–Kier alpha value is -1.48. The molecule has 0 saturated carbocycles. The van der Waals surface area contributed by atoms with Crippen molar-refractivity contribution in [2.45, 2.75) is 49.6 Å². The molecule has 0 fully saturated rings. The Morgan fingerprint density at radius 2 is 1.56 bits per heavy atom. The number of alkyl halides is 5. The molecule has 1 aromatic rings. The molecule has 0 aromatic heterocycles. The van der Waals surface area contributed by atoms with Crippen molar-refractivity contribution < 1.29 is 34.6 Å². The first-order valence-corrected chi connectivity index (χ1v) is 8.92. The van der Waals surface area contributed by atoms with Gasteiger partial charge >= 0.3 is 12.1 Å². The number of hydrogen-bond acceptors (Lipinski definition) is 3. The van der Waals surface area contributed by atoms with Crippen molar-refractivity contribution in [2.75, 3.05) is 6.61 Å². The lowest BCUT2D eigenvalue weighted by Crippen LogP contribution is -2.35. The van der Waals surface area contributed by atoms with E-state index < -0.39 is 35.1 Å². The summed E-state index contributed by atoms with van der Waals surface area (Å²) < 4.78 is 89.6. The molecule has 142 valence electrons. The summed E-state index contributed by atoms with van der Waals surface area (Å²) in [6.07, 6.45) is -4.04. The summed E-state index contributed by atoms with van der Waals surface area (Å²) in [5.41, 5.74) is 0.903. The van der Waals surface area contributed by atoms with Gasteiger partial charge in [0.1, 0.15) is 0 Å². The van der Waals surface area contributed by atoms with Gasteiger partial charge in [0.05, 0.1) is 11.5 Å². The molecule has 0 bridgehead atoms. The summed E-state index contributed by atoms with van der Waals surface area (Å²) in [5.74, 6) is -4.71. The molecule has 25 heavy (non-hydrogen) atoms. The minimum absolute atomic E-state index is 0.0306. The Balaban J connectivity index is 2.29. The molecule has 0 unspecified atom stereocenters. The maximum absolute atomic E-state index is 12.6. The predicted molar refractivity (Wildman–Crippen MR) is 82.9 cm³/mol. The first-order valence-electron chi connectivity index (χ1n) is 7.51. The lowest BCUT2D eigenvalue weighted by molar-refractivity contribution is -0.283. The largest absolute Gasteiger partial charge is 0.453 e. The van der Waals surface area contributed by atoms with E-state index in [-0.39, 0.29) is 17.9 Å². The maximum Gasteiger partial charge on any atom is 0.453 e. The number of halogens is 5. The van der Waals surface area contributed by atoms with E-state index in [0.717, 1.165) is 5.56 Å². The van der Waals surface area contributed by atoms with E-state index in [1.807, 2.05) is 6.92 Å². The van der Waals surface area contributed by atoms with Crippen LogP contribution < -0.4 is 0 Å². The summed E-state index contributed by atoms with van der Waals surface area (Å²) in [5, 5.41) is 0. The number of benzene rings is 1. The molecule has 9 heteroatoms. The van der Waals surface area contributed by atoms with Gasteiger partial charge in [-0.3, -0.25) is 4.18 Å². The fourth-order valence-electron chi connectivity index (χ4n) is 1.78. The highest BCUT2D eigenvalue weighted by molar-refractivity contribution is 7.86. The van der Waals surface area contributed by atoms with Crippen molar-refractivity contribution in [3.05, 3.63) is 42.0 Å². The normalized spacial score (nSPS) is 13.5. The van der Waals surface area contributed by atoms with Gasteiger partial charge in [0.2, 0.25) is 0 Å². The molecule has 1 rings (SSSR count). The van der Waals surface area contributed by atoms with E-state index in [0.29, 0.717) is 6.42 Å². The fraction of sp³-hybridized carbons (Fsp3) is 0.500. The molecular formula is C16H19F5O3S. The third kappa shape index (κ3) is 7.11. The Labute approximate surface area is 143 Å². The average Bonchev–Trinajstić information content (AvgIpc) is 2.49. The monoisotopic (exact) mass is 386 g/mol. The van der Waals surface area contributed by atoms with Gasteiger partial charge < -0.3 is 0 Å². The van der Waals surface area contributed by atoms with Crippen LogP contribution in [0.3, 0.4) is 0 Å². The molecule has 1 aromatic carbocycles. The summed E-state index contributed by atoms with van der Waals surface area (Å²) in [6.45, 7) is 1.70. The predicted octanol–water partition coefficient (Wildman–Crippen LogP) is 5.01. The van der Waals surface area contributed by atoms with Crippen LogP contribution in [0.2, 0.25) is 0 Å². The topological polar surface area (TPSA) is 43.4 Å². The standard InChI is InChI=1S/C16H19F5O3S/c1-13-7-9-14(10-8-13)25(22,23)24-12-6-4-2-3-5-11-15(17,18)16(19,20)21/h2-3,7-10H,4-6,11-12H2,1H3/b3-2-. The van der Waals surface area contributed by atoms with Gasteiger partial charge in [0, 0.05) is 6.42 Å². The Morgan fingerprint density at radius 1 is 1.00 bits per heavy atom. The van der Waals surface area contributed by atoms with E-state index in [4.69, 9.17) is 4.18 Å². The van der Waals surface area contributed by atoms with Gasteiger partial charge in [-0.1, -0.05) is 29.8 Å². The van der Waals surface area contributed by atoms with E-state index in [2.05, 4.69) is 0 Å². The summed E-state index contributed by atoms with van der Waals surface area (Å²) in [4.78, 5) is 0.0306. The fourth-order valence-corrected chi connectivity index (χ4v) is 2.73. The van der Waals surface area contributed by atoms with Crippen molar-refractivity contribution >= 4 is 10.1 Å². The molecule has 0 aliphatic carbocycles. The van der Waals surface area contributed by atoms with Gasteiger partial charge in [0.25, 0.3) is 10.1 Å². The van der Waals surface area contributed by atoms with Crippen molar-refractivity contribution in [1.29, 1.82) is 0 Å². The highest BCUT2D eigenvalue weighted by atomic mass is 32.2. The molecule has 0 N–H and O–H groups in total. The van der Waals surface area contributed by atoms with Gasteiger partial charge in [-0.2, -0.15) is 30.4 Å². The molecule has 0 aliphatic heterocycles. The summed E-state index contributed by atoms with van der Waals surface area (Å²) in [6, 6.07) is 6.11. The molecule has 0 spiro atoms. The van der Waals surface area contributed by atoms with E-state index in [9.17, 15) is 30.4 Å². The van der Waals surface area contributed by atoms with Crippen LogP contribution in [0.4, 0.5) is 22.0 Å². The second-order valence-corrected chi connectivity index (χ2v) is 7.06.